The summed E-state index contributed by atoms with van der Waals surface area (Å²) >= 11 is 0. The van der Waals surface area contributed by atoms with Crippen molar-refractivity contribution in [2.45, 2.75) is 19.8 Å². The Morgan fingerprint density at radius 2 is 1.80 bits per heavy atom. The molecule has 2 rings (SSSR count). The van der Waals surface area contributed by atoms with Crippen molar-refractivity contribution in [3.63, 3.8) is 0 Å². The average molecular weight is 136 g/mol. The number of fused-ring (bicyclic) bond motifs is 1. The molecule has 0 aromatic heterocycles. The molecule has 1 aliphatic carbocycles. The summed E-state index contributed by atoms with van der Waals surface area (Å²) in [6.45, 7) is 1.81. The molecule has 0 fully saturated rings. The van der Waals surface area contributed by atoms with Crippen LogP contribution in [0.3, 0.4) is 0 Å². The molecule has 1 heteroatoms. The van der Waals surface area contributed by atoms with E-state index in [9.17, 15) is 4.39 Å². The lowest BCUT2D eigenvalue weighted by Crippen LogP contribution is -2.09. The zero-order valence-electron chi connectivity index (χ0n) is 5.95. The van der Waals surface area contributed by atoms with Gasteiger partial charge in [-0.05, 0) is 42.5 Å². The molecule has 0 heterocycles. The zero-order chi connectivity index (χ0) is 7.14. The highest BCUT2D eigenvalue weighted by Crippen LogP contribution is 2.25. The molecular weight excluding hydrogens is 127 g/mol. The summed E-state index contributed by atoms with van der Waals surface area (Å²) in [5.74, 6) is -0.0570. The van der Waals surface area contributed by atoms with Gasteiger partial charge in [-0.3, -0.25) is 0 Å². The van der Waals surface area contributed by atoms with Crippen LogP contribution in [-0.4, -0.2) is 0 Å². The summed E-state index contributed by atoms with van der Waals surface area (Å²) in [6.07, 6.45) is 2.20. The molecule has 0 amide bonds. The minimum atomic E-state index is -0.0570. The molecule has 0 bridgehead atoms. The van der Waals surface area contributed by atoms with Crippen LogP contribution >= 0.6 is 0 Å². The van der Waals surface area contributed by atoms with Gasteiger partial charge in [-0.15, -0.1) is 0 Å². The fraction of sp³-hybridized carbons (Fsp3) is 0.333. The van der Waals surface area contributed by atoms with Gasteiger partial charge in [0.2, 0.25) is 0 Å². The van der Waals surface area contributed by atoms with E-state index in [1.54, 1.807) is 6.07 Å². The number of benzene rings is 1. The number of hydrogen-bond acceptors (Lipinski definition) is 0. The quantitative estimate of drug-likeness (QED) is 0.513. The molecule has 0 aliphatic heterocycles. The monoisotopic (exact) mass is 136 g/mol. The van der Waals surface area contributed by atoms with E-state index in [0.29, 0.717) is 0 Å². The first-order valence-electron chi connectivity index (χ1n) is 3.55. The van der Waals surface area contributed by atoms with Crippen LogP contribution in [0.5, 0.6) is 0 Å². The van der Waals surface area contributed by atoms with Crippen molar-refractivity contribution in [3.05, 3.63) is 34.6 Å². The summed E-state index contributed by atoms with van der Waals surface area (Å²) < 4.78 is 12.8. The van der Waals surface area contributed by atoms with E-state index in [4.69, 9.17) is 0 Å². The molecule has 10 heavy (non-hydrogen) atoms. The Morgan fingerprint density at radius 1 is 1.20 bits per heavy atom. The van der Waals surface area contributed by atoms with Crippen LogP contribution in [0.15, 0.2) is 12.1 Å². The molecule has 0 unspecified atom stereocenters. The Morgan fingerprint density at radius 3 is 2.30 bits per heavy atom. The highest BCUT2D eigenvalue weighted by atomic mass is 19.1. The van der Waals surface area contributed by atoms with E-state index in [1.807, 2.05) is 13.0 Å². The van der Waals surface area contributed by atoms with E-state index in [1.165, 1.54) is 11.1 Å². The zero-order valence-corrected chi connectivity index (χ0v) is 5.95. The largest absolute Gasteiger partial charge is 0.207 e. The first kappa shape index (κ1) is 5.90. The Hall–Kier alpha value is -0.850. The van der Waals surface area contributed by atoms with Crippen molar-refractivity contribution < 1.29 is 4.39 Å². The molecule has 0 saturated carbocycles. The van der Waals surface area contributed by atoms with Gasteiger partial charge in [0, 0.05) is 0 Å². The first-order chi connectivity index (χ1) is 4.77. The van der Waals surface area contributed by atoms with Gasteiger partial charge in [0.25, 0.3) is 0 Å². The fourth-order valence-electron chi connectivity index (χ4n) is 1.34. The van der Waals surface area contributed by atoms with Crippen LogP contribution in [0.4, 0.5) is 4.39 Å². The lowest BCUT2D eigenvalue weighted by Gasteiger charge is -2.18. The van der Waals surface area contributed by atoms with Crippen LogP contribution in [0.2, 0.25) is 0 Å². The predicted molar refractivity (Wildman–Crippen MR) is 38.5 cm³/mol. The smallest absolute Gasteiger partial charge is 0.126 e. The molecule has 1 aromatic carbocycles. The number of aryl methyl sites for hydroxylation is 3. The Kier molecular flexibility index (Phi) is 1.07. The van der Waals surface area contributed by atoms with Crippen molar-refractivity contribution in [1.82, 2.24) is 0 Å². The van der Waals surface area contributed by atoms with E-state index >= 15 is 0 Å². The van der Waals surface area contributed by atoms with Crippen molar-refractivity contribution in [2.24, 2.45) is 0 Å². The van der Waals surface area contributed by atoms with Gasteiger partial charge in [-0.2, -0.15) is 0 Å². The maximum atomic E-state index is 12.8. The lowest BCUT2D eigenvalue weighted by molar-refractivity contribution is 0.610. The fourth-order valence-corrected chi connectivity index (χ4v) is 1.34. The van der Waals surface area contributed by atoms with Gasteiger partial charge in [-0.1, -0.05) is 6.07 Å². The molecule has 52 valence electrons. The topological polar surface area (TPSA) is 0 Å². The number of rotatable bonds is 0. The van der Waals surface area contributed by atoms with E-state index in [0.717, 1.165) is 18.4 Å². The summed E-state index contributed by atoms with van der Waals surface area (Å²) in [6, 6.07) is 3.61. The molecule has 1 aliphatic rings. The van der Waals surface area contributed by atoms with Gasteiger partial charge in [0.15, 0.2) is 0 Å². The summed E-state index contributed by atoms with van der Waals surface area (Å²) in [4.78, 5) is 0. The number of hydrogen-bond donors (Lipinski definition) is 0. The maximum Gasteiger partial charge on any atom is 0.126 e. The molecule has 0 saturated heterocycles. The van der Waals surface area contributed by atoms with Crippen LogP contribution < -0.4 is 0 Å². The predicted octanol–water partition coefficient (Wildman–Crippen LogP) is 2.23. The third kappa shape index (κ3) is 0.666. The second-order valence-electron chi connectivity index (χ2n) is 2.87. The minimum absolute atomic E-state index is 0.0570. The van der Waals surface area contributed by atoms with Crippen LogP contribution in [0.1, 0.15) is 16.7 Å². The lowest BCUT2D eigenvalue weighted by atomic mass is 9.87. The summed E-state index contributed by atoms with van der Waals surface area (Å²) in [7, 11) is 0. The van der Waals surface area contributed by atoms with Crippen molar-refractivity contribution in [2.75, 3.05) is 0 Å². The standard InChI is InChI=1S/C9H9F/c1-6-4-7-2-3-8(7)5-9(6)10/h4-5H,2-3H2,1H3. The molecule has 0 atom stereocenters. The van der Waals surface area contributed by atoms with Crippen molar-refractivity contribution in [1.29, 1.82) is 0 Å². The van der Waals surface area contributed by atoms with Crippen LogP contribution in [0.25, 0.3) is 0 Å². The van der Waals surface area contributed by atoms with Gasteiger partial charge in [0.05, 0.1) is 0 Å². The van der Waals surface area contributed by atoms with E-state index in [-0.39, 0.29) is 5.82 Å². The normalized spacial score (nSPS) is 14.2. The Balaban J connectivity index is 2.60. The molecule has 0 spiro atoms. The van der Waals surface area contributed by atoms with Crippen molar-refractivity contribution >= 4 is 0 Å². The van der Waals surface area contributed by atoms with E-state index < -0.39 is 0 Å². The van der Waals surface area contributed by atoms with Gasteiger partial charge in [0.1, 0.15) is 5.82 Å². The molecule has 0 radical (unpaired) electrons. The minimum Gasteiger partial charge on any atom is -0.207 e. The SMILES string of the molecule is Cc1cc2c(cc1F)CC2. The van der Waals surface area contributed by atoms with Gasteiger partial charge in [-0.25, -0.2) is 4.39 Å². The van der Waals surface area contributed by atoms with E-state index in [2.05, 4.69) is 0 Å². The molecular formula is C9H9F. The highest BCUT2D eigenvalue weighted by molar-refractivity contribution is 5.38. The molecule has 1 aromatic rings. The Bertz CT molecular complexity index is 236. The summed E-state index contributed by atoms with van der Waals surface area (Å²) in [5, 5.41) is 0. The second kappa shape index (κ2) is 1.82. The second-order valence-corrected chi connectivity index (χ2v) is 2.87. The average Bonchev–Trinajstić information content (AvgIpc) is 1.89. The van der Waals surface area contributed by atoms with Gasteiger partial charge >= 0.3 is 0 Å². The third-order valence-corrected chi connectivity index (χ3v) is 2.14. The van der Waals surface area contributed by atoms with Crippen LogP contribution in [0, 0.1) is 12.7 Å². The molecule has 0 nitrogen and oxygen atoms in total. The maximum absolute atomic E-state index is 12.8. The summed E-state index contributed by atoms with van der Waals surface area (Å²) in [5.41, 5.74) is 3.31. The van der Waals surface area contributed by atoms with Crippen molar-refractivity contribution in [3.8, 4) is 0 Å². The number of halogens is 1. The first-order valence-corrected chi connectivity index (χ1v) is 3.55. The Labute approximate surface area is 59.7 Å². The van der Waals surface area contributed by atoms with Crippen LogP contribution in [-0.2, 0) is 12.8 Å². The highest BCUT2D eigenvalue weighted by Gasteiger charge is 2.14. The van der Waals surface area contributed by atoms with Gasteiger partial charge < -0.3 is 0 Å². The third-order valence-electron chi connectivity index (χ3n) is 2.14. The molecule has 0 N–H and O–H groups in total.